The highest BCUT2D eigenvalue weighted by molar-refractivity contribution is 5.94. The van der Waals surface area contributed by atoms with Crippen LogP contribution in [0.3, 0.4) is 0 Å². The first-order valence-corrected chi connectivity index (χ1v) is 7.74. The third kappa shape index (κ3) is 3.32. The molecule has 8 heteroatoms. The summed E-state index contributed by atoms with van der Waals surface area (Å²) in [5, 5.41) is 14.0. The Morgan fingerprint density at radius 1 is 1.30 bits per heavy atom. The molecule has 2 aliphatic rings. The van der Waals surface area contributed by atoms with Gasteiger partial charge in [0.15, 0.2) is 0 Å². The van der Waals surface area contributed by atoms with Crippen LogP contribution >= 0.6 is 0 Å². The number of benzene rings is 1. The van der Waals surface area contributed by atoms with Crippen molar-refractivity contribution in [3.05, 3.63) is 39.7 Å². The smallest absolute Gasteiger partial charge is 0.272 e. The maximum absolute atomic E-state index is 14.0. The third-order valence-corrected chi connectivity index (χ3v) is 4.55. The van der Waals surface area contributed by atoms with Gasteiger partial charge in [0.2, 0.25) is 0 Å². The lowest BCUT2D eigenvalue weighted by molar-refractivity contribution is -0.385. The van der Waals surface area contributed by atoms with E-state index >= 15 is 0 Å². The number of amides is 1. The van der Waals surface area contributed by atoms with Gasteiger partial charge in [-0.1, -0.05) is 0 Å². The number of piperazine rings is 1. The van der Waals surface area contributed by atoms with Crippen LogP contribution in [0.1, 0.15) is 16.8 Å². The predicted octanol–water partition coefficient (Wildman–Crippen LogP) is 0.854. The summed E-state index contributed by atoms with van der Waals surface area (Å²) < 4.78 is 14.0. The van der Waals surface area contributed by atoms with E-state index in [0.717, 1.165) is 44.7 Å². The van der Waals surface area contributed by atoms with Crippen molar-refractivity contribution in [2.24, 2.45) is 0 Å². The Morgan fingerprint density at radius 2 is 2.04 bits per heavy atom. The van der Waals surface area contributed by atoms with Crippen LogP contribution in [-0.2, 0) is 0 Å². The fourth-order valence-electron chi connectivity index (χ4n) is 3.20. The molecule has 0 aliphatic carbocycles. The Labute approximate surface area is 133 Å². The van der Waals surface area contributed by atoms with Crippen LogP contribution in [0.2, 0.25) is 0 Å². The number of nitrogens with zero attached hydrogens (tertiary/aromatic N) is 3. The predicted molar refractivity (Wildman–Crippen MR) is 81.8 cm³/mol. The van der Waals surface area contributed by atoms with Crippen LogP contribution in [-0.4, -0.2) is 65.9 Å². The number of carbonyl (C=O) groups is 1. The Kier molecular flexibility index (Phi) is 4.53. The van der Waals surface area contributed by atoms with E-state index in [2.05, 4.69) is 10.2 Å². The first-order chi connectivity index (χ1) is 11.1. The largest absolute Gasteiger partial charge is 0.336 e. The van der Waals surface area contributed by atoms with Crippen LogP contribution in [0.4, 0.5) is 10.1 Å². The zero-order valence-electron chi connectivity index (χ0n) is 12.7. The quantitative estimate of drug-likeness (QED) is 0.659. The van der Waals surface area contributed by atoms with Gasteiger partial charge >= 0.3 is 0 Å². The maximum Gasteiger partial charge on any atom is 0.272 e. The molecule has 1 aromatic rings. The van der Waals surface area contributed by atoms with Gasteiger partial charge in [0.1, 0.15) is 5.82 Å². The summed E-state index contributed by atoms with van der Waals surface area (Å²) in [5.41, 5.74) is -0.454. The average Bonchev–Trinajstić information content (AvgIpc) is 3.08. The Hall–Kier alpha value is -2.06. The standard InChI is InChI=1S/C15H19FN4O3/c16-14-9-11(20(22)23)1-2-13(14)15(21)19-7-5-18(6-8-19)12-3-4-17-10-12/h1-2,9,12,17H,3-8,10H2. The number of hydrogen-bond acceptors (Lipinski definition) is 5. The van der Waals surface area contributed by atoms with E-state index in [-0.39, 0.29) is 11.3 Å². The molecule has 0 saturated carbocycles. The lowest BCUT2D eigenvalue weighted by Gasteiger charge is -2.37. The molecule has 1 amide bonds. The van der Waals surface area contributed by atoms with Crippen molar-refractivity contribution < 1.29 is 14.1 Å². The Morgan fingerprint density at radius 3 is 2.61 bits per heavy atom. The molecule has 1 unspecified atom stereocenters. The molecular weight excluding hydrogens is 303 g/mol. The maximum atomic E-state index is 14.0. The van der Waals surface area contributed by atoms with E-state index in [1.807, 2.05) is 0 Å². The second-order valence-corrected chi connectivity index (χ2v) is 5.90. The van der Waals surface area contributed by atoms with Gasteiger partial charge in [0.25, 0.3) is 11.6 Å². The van der Waals surface area contributed by atoms with Gasteiger partial charge in [-0.3, -0.25) is 19.8 Å². The number of nitrogens with one attached hydrogen (secondary N) is 1. The SMILES string of the molecule is O=C(c1ccc([N+](=O)[O-])cc1F)N1CCN(C2CCNC2)CC1. The number of rotatable bonds is 3. The van der Waals surface area contributed by atoms with Crippen LogP contribution < -0.4 is 5.32 Å². The number of halogens is 1. The Balaban J connectivity index is 1.64. The number of carbonyl (C=O) groups excluding carboxylic acids is 1. The van der Waals surface area contributed by atoms with Crippen LogP contribution in [0.15, 0.2) is 18.2 Å². The molecule has 2 fully saturated rings. The van der Waals surface area contributed by atoms with Crippen molar-refractivity contribution >= 4 is 11.6 Å². The summed E-state index contributed by atoms with van der Waals surface area (Å²) in [6.07, 6.45) is 1.12. The van der Waals surface area contributed by atoms with Gasteiger partial charge < -0.3 is 10.2 Å². The summed E-state index contributed by atoms with van der Waals surface area (Å²) in [6.45, 7) is 4.64. The summed E-state index contributed by atoms with van der Waals surface area (Å²) in [5.74, 6) is -1.24. The number of hydrogen-bond donors (Lipinski definition) is 1. The van der Waals surface area contributed by atoms with Crippen molar-refractivity contribution in [3.63, 3.8) is 0 Å². The molecule has 7 nitrogen and oxygen atoms in total. The van der Waals surface area contributed by atoms with Crippen molar-refractivity contribution in [2.45, 2.75) is 12.5 Å². The lowest BCUT2D eigenvalue weighted by Crippen LogP contribution is -2.52. The minimum Gasteiger partial charge on any atom is -0.336 e. The summed E-state index contributed by atoms with van der Waals surface area (Å²) >= 11 is 0. The molecule has 0 spiro atoms. The molecule has 0 radical (unpaired) electrons. The monoisotopic (exact) mass is 322 g/mol. The molecule has 1 N–H and O–H groups in total. The van der Waals surface area contributed by atoms with Gasteiger partial charge in [-0.2, -0.15) is 0 Å². The van der Waals surface area contributed by atoms with Crippen molar-refractivity contribution in [2.75, 3.05) is 39.3 Å². The molecule has 1 atom stereocenters. The summed E-state index contributed by atoms with van der Waals surface area (Å²) in [6, 6.07) is 3.68. The van der Waals surface area contributed by atoms with Gasteiger partial charge in [0.05, 0.1) is 16.6 Å². The summed E-state index contributed by atoms with van der Waals surface area (Å²) in [4.78, 5) is 26.3. The molecule has 23 heavy (non-hydrogen) atoms. The zero-order valence-corrected chi connectivity index (χ0v) is 12.7. The van der Waals surface area contributed by atoms with Gasteiger partial charge in [-0.05, 0) is 19.0 Å². The molecule has 1 aromatic carbocycles. The highest BCUT2D eigenvalue weighted by atomic mass is 19.1. The number of nitro benzene ring substituents is 1. The second-order valence-electron chi connectivity index (χ2n) is 5.90. The molecule has 3 rings (SSSR count). The van der Waals surface area contributed by atoms with Crippen molar-refractivity contribution in [1.29, 1.82) is 0 Å². The van der Waals surface area contributed by atoms with Crippen LogP contribution in [0.5, 0.6) is 0 Å². The molecule has 0 aromatic heterocycles. The molecule has 2 heterocycles. The van der Waals surface area contributed by atoms with E-state index in [9.17, 15) is 19.3 Å². The third-order valence-electron chi connectivity index (χ3n) is 4.55. The van der Waals surface area contributed by atoms with Crippen LogP contribution in [0, 0.1) is 15.9 Å². The topological polar surface area (TPSA) is 78.7 Å². The number of nitro groups is 1. The van der Waals surface area contributed by atoms with E-state index in [4.69, 9.17) is 0 Å². The van der Waals surface area contributed by atoms with Gasteiger partial charge in [-0.25, -0.2) is 4.39 Å². The van der Waals surface area contributed by atoms with Gasteiger partial charge in [-0.15, -0.1) is 0 Å². The number of non-ortho nitro benzene ring substituents is 1. The average molecular weight is 322 g/mol. The van der Waals surface area contributed by atoms with E-state index < -0.39 is 16.6 Å². The first-order valence-electron chi connectivity index (χ1n) is 7.74. The van der Waals surface area contributed by atoms with E-state index in [0.29, 0.717) is 19.1 Å². The molecule has 0 bridgehead atoms. The molecule has 2 saturated heterocycles. The highest BCUT2D eigenvalue weighted by Crippen LogP contribution is 2.19. The molecule has 2 aliphatic heterocycles. The van der Waals surface area contributed by atoms with Crippen molar-refractivity contribution in [3.8, 4) is 0 Å². The van der Waals surface area contributed by atoms with E-state index in [1.165, 1.54) is 6.07 Å². The fourth-order valence-corrected chi connectivity index (χ4v) is 3.20. The van der Waals surface area contributed by atoms with Gasteiger partial charge in [0, 0.05) is 44.8 Å². The highest BCUT2D eigenvalue weighted by Gasteiger charge is 2.29. The summed E-state index contributed by atoms with van der Waals surface area (Å²) in [7, 11) is 0. The minimum absolute atomic E-state index is 0.105. The second kappa shape index (κ2) is 6.59. The first kappa shape index (κ1) is 15.8. The lowest BCUT2D eigenvalue weighted by atomic mass is 10.1. The van der Waals surface area contributed by atoms with E-state index in [1.54, 1.807) is 4.90 Å². The fraction of sp³-hybridized carbons (Fsp3) is 0.533. The van der Waals surface area contributed by atoms with Crippen LogP contribution in [0.25, 0.3) is 0 Å². The molecular formula is C15H19FN4O3. The Bertz CT molecular complexity index is 611. The molecule has 124 valence electrons. The minimum atomic E-state index is -0.841. The van der Waals surface area contributed by atoms with Crippen molar-refractivity contribution in [1.82, 2.24) is 15.1 Å². The normalized spacial score (nSPS) is 22.3. The zero-order chi connectivity index (χ0) is 16.4.